The lowest BCUT2D eigenvalue weighted by molar-refractivity contribution is 0.0474. The molecule has 8 heteroatoms. The maximum atomic E-state index is 12.5. The molecule has 1 N–H and O–H groups in total. The summed E-state index contributed by atoms with van der Waals surface area (Å²) in [6.07, 6.45) is 1.64. The second-order valence-corrected chi connectivity index (χ2v) is 9.55. The molecular weight excluding hydrogens is 418 g/mol. The minimum absolute atomic E-state index is 0.0454. The fourth-order valence-corrected chi connectivity index (χ4v) is 4.83. The summed E-state index contributed by atoms with van der Waals surface area (Å²) in [5.41, 5.74) is 3.46. The number of sulfonamides is 1. The lowest BCUT2D eigenvalue weighted by Crippen LogP contribution is -2.31. The predicted molar refractivity (Wildman–Crippen MR) is 116 cm³/mol. The maximum absolute atomic E-state index is 12.5. The molecule has 1 atom stereocenters. The van der Waals surface area contributed by atoms with Gasteiger partial charge in [0, 0.05) is 18.7 Å². The number of ether oxygens (including phenoxy) is 2. The van der Waals surface area contributed by atoms with Crippen LogP contribution in [0.2, 0.25) is 0 Å². The highest BCUT2D eigenvalue weighted by Crippen LogP contribution is 2.18. The van der Waals surface area contributed by atoms with Crippen molar-refractivity contribution < 1.29 is 27.5 Å². The number of Topliss-reactive ketones (excluding diaryl/α,β-unsaturated/α-hetero) is 1. The van der Waals surface area contributed by atoms with Crippen molar-refractivity contribution in [2.24, 2.45) is 0 Å². The molecular formula is C23H27NO6S. The number of ketones is 1. The first kappa shape index (κ1) is 23.1. The highest BCUT2D eigenvalue weighted by molar-refractivity contribution is 7.89. The van der Waals surface area contributed by atoms with Crippen molar-refractivity contribution in [2.75, 3.05) is 19.8 Å². The van der Waals surface area contributed by atoms with Gasteiger partial charge in [-0.2, -0.15) is 0 Å². The van der Waals surface area contributed by atoms with E-state index in [9.17, 15) is 18.0 Å². The van der Waals surface area contributed by atoms with Crippen LogP contribution in [-0.2, 0) is 19.5 Å². The Kier molecular flexibility index (Phi) is 7.25. The Morgan fingerprint density at radius 3 is 2.32 bits per heavy atom. The minimum Gasteiger partial charge on any atom is -0.454 e. The normalized spacial score (nSPS) is 16.3. The first-order valence-electron chi connectivity index (χ1n) is 10.2. The van der Waals surface area contributed by atoms with Gasteiger partial charge < -0.3 is 9.47 Å². The number of esters is 1. The molecule has 1 unspecified atom stereocenters. The van der Waals surface area contributed by atoms with Crippen LogP contribution in [0.4, 0.5) is 0 Å². The molecule has 1 heterocycles. The van der Waals surface area contributed by atoms with Gasteiger partial charge in [-0.15, -0.1) is 0 Å². The van der Waals surface area contributed by atoms with Crippen LogP contribution in [0.15, 0.2) is 41.3 Å². The van der Waals surface area contributed by atoms with Gasteiger partial charge in [0.1, 0.15) is 0 Å². The van der Waals surface area contributed by atoms with Gasteiger partial charge in [0.15, 0.2) is 6.61 Å². The fraction of sp³-hybridized carbons (Fsp3) is 0.391. The molecule has 2 aromatic carbocycles. The van der Waals surface area contributed by atoms with E-state index in [2.05, 4.69) is 4.72 Å². The van der Waals surface area contributed by atoms with Crippen molar-refractivity contribution in [3.05, 3.63) is 64.2 Å². The first-order chi connectivity index (χ1) is 14.7. The van der Waals surface area contributed by atoms with Crippen LogP contribution in [0.5, 0.6) is 0 Å². The van der Waals surface area contributed by atoms with E-state index in [-0.39, 0.29) is 35.5 Å². The average Bonchev–Trinajstić information content (AvgIpc) is 3.24. The third-order valence-corrected chi connectivity index (χ3v) is 6.66. The summed E-state index contributed by atoms with van der Waals surface area (Å²) in [7, 11) is -3.70. The van der Waals surface area contributed by atoms with Gasteiger partial charge in [-0.3, -0.25) is 4.79 Å². The van der Waals surface area contributed by atoms with Crippen LogP contribution in [0.1, 0.15) is 50.2 Å². The van der Waals surface area contributed by atoms with Gasteiger partial charge in [-0.1, -0.05) is 17.7 Å². The number of benzene rings is 2. The molecule has 0 bridgehead atoms. The second-order valence-electron chi connectivity index (χ2n) is 7.78. The standard InChI is InChI=1S/C23H27NO6S/c1-15-11-16(2)22(17(3)12-15)21(25)14-30-23(26)18-6-8-20(9-7-18)31(27,28)24-13-19-5-4-10-29-19/h6-9,11-12,19,24H,4-5,10,13-14H2,1-3H3. The monoisotopic (exact) mass is 445 g/mol. The third-order valence-electron chi connectivity index (χ3n) is 5.22. The van der Waals surface area contributed by atoms with E-state index in [0.29, 0.717) is 12.2 Å². The molecule has 3 rings (SSSR count). The summed E-state index contributed by atoms with van der Waals surface area (Å²) in [5.74, 6) is -0.965. The van der Waals surface area contributed by atoms with E-state index >= 15 is 0 Å². The van der Waals surface area contributed by atoms with E-state index in [4.69, 9.17) is 9.47 Å². The number of carbonyl (C=O) groups is 2. The van der Waals surface area contributed by atoms with E-state index < -0.39 is 16.0 Å². The predicted octanol–water partition coefficient (Wildman–Crippen LogP) is 3.11. The summed E-state index contributed by atoms with van der Waals surface area (Å²) in [5, 5.41) is 0. The number of carbonyl (C=O) groups excluding carboxylic acids is 2. The average molecular weight is 446 g/mol. The minimum atomic E-state index is -3.70. The number of hydrogen-bond acceptors (Lipinski definition) is 6. The first-order valence-corrected chi connectivity index (χ1v) is 11.6. The van der Waals surface area contributed by atoms with E-state index in [1.54, 1.807) is 0 Å². The molecule has 2 aromatic rings. The van der Waals surface area contributed by atoms with E-state index in [1.807, 2.05) is 32.9 Å². The van der Waals surface area contributed by atoms with E-state index in [1.165, 1.54) is 24.3 Å². The zero-order valence-corrected chi connectivity index (χ0v) is 18.8. The number of aryl methyl sites for hydroxylation is 3. The van der Waals surface area contributed by atoms with Crippen molar-refractivity contribution in [1.29, 1.82) is 0 Å². The maximum Gasteiger partial charge on any atom is 0.338 e. The zero-order chi connectivity index (χ0) is 22.6. The lowest BCUT2D eigenvalue weighted by atomic mass is 9.97. The molecule has 0 aromatic heterocycles. The topological polar surface area (TPSA) is 98.8 Å². The van der Waals surface area contributed by atoms with Gasteiger partial charge in [-0.05, 0) is 69.0 Å². The van der Waals surface area contributed by atoms with E-state index in [0.717, 1.165) is 29.5 Å². The molecule has 31 heavy (non-hydrogen) atoms. The van der Waals surface area contributed by atoms with Crippen LogP contribution in [0, 0.1) is 20.8 Å². The number of hydrogen-bond donors (Lipinski definition) is 1. The molecule has 0 saturated carbocycles. The number of nitrogens with one attached hydrogen (secondary N) is 1. The molecule has 0 spiro atoms. The second kappa shape index (κ2) is 9.72. The third kappa shape index (κ3) is 5.78. The van der Waals surface area contributed by atoms with Crippen LogP contribution >= 0.6 is 0 Å². The quantitative estimate of drug-likeness (QED) is 0.495. The molecule has 0 aliphatic carbocycles. The van der Waals surface area contributed by atoms with Gasteiger partial charge in [0.05, 0.1) is 16.6 Å². The lowest BCUT2D eigenvalue weighted by Gasteiger charge is -2.12. The Bertz CT molecular complexity index is 1050. The smallest absolute Gasteiger partial charge is 0.338 e. The summed E-state index contributed by atoms with van der Waals surface area (Å²) in [4.78, 5) is 24.9. The van der Waals surface area contributed by atoms with Crippen molar-refractivity contribution in [3.8, 4) is 0 Å². The van der Waals surface area contributed by atoms with Gasteiger partial charge in [0.2, 0.25) is 15.8 Å². The number of rotatable bonds is 8. The van der Waals surface area contributed by atoms with Crippen molar-refractivity contribution >= 4 is 21.8 Å². The molecule has 1 aliphatic rings. The van der Waals surface area contributed by atoms with Crippen molar-refractivity contribution in [3.63, 3.8) is 0 Å². The SMILES string of the molecule is Cc1cc(C)c(C(=O)COC(=O)c2ccc(S(=O)(=O)NCC3CCCO3)cc2)c(C)c1. The van der Waals surface area contributed by atoms with Gasteiger partial charge >= 0.3 is 5.97 Å². The van der Waals surface area contributed by atoms with Crippen molar-refractivity contribution in [2.45, 2.75) is 44.6 Å². The molecule has 1 aliphatic heterocycles. The molecule has 1 saturated heterocycles. The highest BCUT2D eigenvalue weighted by Gasteiger charge is 2.21. The summed E-state index contributed by atoms with van der Waals surface area (Å²) in [6.45, 7) is 6.13. The Balaban J connectivity index is 1.59. The van der Waals surface area contributed by atoms with Gasteiger partial charge in [0.25, 0.3) is 0 Å². The Morgan fingerprint density at radius 1 is 1.10 bits per heavy atom. The molecule has 0 amide bonds. The van der Waals surface area contributed by atoms with Crippen LogP contribution in [0.3, 0.4) is 0 Å². The highest BCUT2D eigenvalue weighted by atomic mass is 32.2. The molecule has 7 nitrogen and oxygen atoms in total. The Labute approximate surface area is 182 Å². The van der Waals surface area contributed by atoms with Crippen LogP contribution in [0.25, 0.3) is 0 Å². The van der Waals surface area contributed by atoms with Crippen molar-refractivity contribution in [1.82, 2.24) is 4.72 Å². The largest absolute Gasteiger partial charge is 0.454 e. The molecule has 0 radical (unpaired) electrons. The Morgan fingerprint density at radius 2 is 1.74 bits per heavy atom. The zero-order valence-electron chi connectivity index (χ0n) is 17.9. The Hall–Kier alpha value is -2.55. The summed E-state index contributed by atoms with van der Waals surface area (Å²) < 4.78 is 37.9. The van der Waals surface area contributed by atoms with Gasteiger partial charge in [-0.25, -0.2) is 17.9 Å². The summed E-state index contributed by atoms with van der Waals surface area (Å²) in [6, 6.07) is 9.24. The summed E-state index contributed by atoms with van der Waals surface area (Å²) >= 11 is 0. The fourth-order valence-electron chi connectivity index (χ4n) is 3.77. The van der Waals surface area contributed by atoms with Crippen LogP contribution in [-0.4, -0.2) is 46.0 Å². The molecule has 1 fully saturated rings. The van der Waals surface area contributed by atoms with Crippen LogP contribution < -0.4 is 4.72 Å². The molecule has 166 valence electrons.